The Morgan fingerprint density at radius 1 is 1.03 bits per heavy atom. The molecule has 0 aliphatic rings. The quantitative estimate of drug-likeness (QED) is 0.428. The van der Waals surface area contributed by atoms with Crippen molar-refractivity contribution in [2.24, 2.45) is 0 Å². The van der Waals surface area contributed by atoms with E-state index in [1.165, 1.54) is 11.4 Å². The monoisotopic (exact) mass is 417 g/mol. The average Bonchev–Trinajstić information content (AvgIpc) is 3.29. The van der Waals surface area contributed by atoms with Crippen LogP contribution in [0.25, 0.3) is 22.1 Å². The van der Waals surface area contributed by atoms with E-state index in [1.54, 1.807) is 24.3 Å². The first-order valence-electron chi connectivity index (χ1n) is 8.14. The maximum atomic E-state index is 13.6. The van der Waals surface area contributed by atoms with Crippen molar-refractivity contribution in [3.8, 4) is 11.1 Å². The number of thiophene rings is 1. The van der Waals surface area contributed by atoms with Gasteiger partial charge in [0.2, 0.25) is 0 Å². The molecule has 0 atom stereocenters. The Hall–Kier alpha value is -3.59. The smallest absolute Gasteiger partial charge is 0.339 e. The van der Waals surface area contributed by atoms with Crippen molar-refractivity contribution in [2.75, 3.05) is 5.32 Å². The number of nitrogens with one attached hydrogen (secondary N) is 1. The molecule has 0 radical (unpaired) electrons. The number of carboxylic acid groups (broad SMARTS) is 1. The number of halogens is 3. The minimum absolute atomic E-state index is 0.0311. The molecule has 2 N–H and O–H groups in total. The van der Waals surface area contributed by atoms with Crippen molar-refractivity contribution in [2.45, 2.75) is 0 Å². The number of hydrogen-bond donors (Lipinski definition) is 2. The van der Waals surface area contributed by atoms with E-state index in [0.717, 1.165) is 11.3 Å². The van der Waals surface area contributed by atoms with Crippen LogP contribution in [0.5, 0.6) is 0 Å². The molecule has 0 fully saturated rings. The topological polar surface area (TPSA) is 79.5 Å². The molecule has 9 heteroatoms. The summed E-state index contributed by atoms with van der Waals surface area (Å²) in [5, 5.41) is 14.0. The number of hydrogen-bond acceptors (Lipinski definition) is 4. The number of benzene rings is 2. The molecule has 4 aromatic rings. The summed E-state index contributed by atoms with van der Waals surface area (Å²) in [6.45, 7) is 0. The van der Waals surface area contributed by atoms with Gasteiger partial charge in [-0.15, -0.1) is 11.3 Å². The third-order valence-corrected chi connectivity index (χ3v) is 5.07. The lowest BCUT2D eigenvalue weighted by Crippen LogP contribution is -2.12. The fourth-order valence-corrected chi connectivity index (χ4v) is 3.80. The van der Waals surface area contributed by atoms with Crippen molar-refractivity contribution in [3.05, 3.63) is 76.6 Å². The van der Waals surface area contributed by atoms with Crippen LogP contribution in [-0.2, 0) is 0 Å². The Balaban J connectivity index is 1.71. The molecule has 0 aliphatic carbocycles. The molecule has 146 valence electrons. The number of amides is 1. The average molecular weight is 417 g/mol. The fourth-order valence-electron chi connectivity index (χ4n) is 2.84. The number of para-hydroxylation sites is 1. The maximum absolute atomic E-state index is 13.6. The molecule has 0 spiro atoms. The van der Waals surface area contributed by atoms with Gasteiger partial charge < -0.3 is 14.8 Å². The minimum atomic E-state index is -1.65. The number of aromatic carboxylic acids is 1. The van der Waals surface area contributed by atoms with Gasteiger partial charge in [-0.1, -0.05) is 18.2 Å². The molecule has 29 heavy (non-hydrogen) atoms. The Morgan fingerprint density at radius 3 is 2.38 bits per heavy atom. The second kappa shape index (κ2) is 7.10. The maximum Gasteiger partial charge on any atom is 0.339 e. The lowest BCUT2D eigenvalue weighted by molar-refractivity contribution is 0.0699. The summed E-state index contributed by atoms with van der Waals surface area (Å²) in [4.78, 5) is 24.2. The first-order valence-corrected chi connectivity index (χ1v) is 9.02. The molecule has 2 aromatic heterocycles. The predicted molar refractivity (Wildman–Crippen MR) is 101 cm³/mol. The minimum Gasteiger partial charge on any atom is -0.478 e. The predicted octanol–water partition coefficient (Wildman–Crippen LogP) is 5.53. The summed E-state index contributed by atoms with van der Waals surface area (Å²) in [7, 11) is 0. The third kappa shape index (κ3) is 3.36. The number of rotatable bonds is 4. The summed E-state index contributed by atoms with van der Waals surface area (Å²) >= 11 is 0.852. The highest BCUT2D eigenvalue weighted by atomic mass is 32.1. The van der Waals surface area contributed by atoms with Gasteiger partial charge >= 0.3 is 5.97 Å². The molecule has 5 nitrogen and oxygen atoms in total. The number of anilines is 1. The van der Waals surface area contributed by atoms with Crippen molar-refractivity contribution >= 4 is 39.2 Å². The van der Waals surface area contributed by atoms with Crippen LogP contribution in [0.2, 0.25) is 0 Å². The van der Waals surface area contributed by atoms with Crippen LogP contribution < -0.4 is 5.32 Å². The summed E-state index contributed by atoms with van der Waals surface area (Å²) in [5.74, 6) is -6.69. The van der Waals surface area contributed by atoms with Crippen LogP contribution in [0.15, 0.2) is 52.3 Å². The van der Waals surface area contributed by atoms with Crippen LogP contribution in [-0.4, -0.2) is 17.0 Å². The van der Waals surface area contributed by atoms with Gasteiger partial charge in [0, 0.05) is 16.3 Å². The summed E-state index contributed by atoms with van der Waals surface area (Å²) in [6, 6.07) is 9.83. The zero-order valence-electron chi connectivity index (χ0n) is 14.3. The summed E-state index contributed by atoms with van der Waals surface area (Å²) < 4.78 is 45.8. The number of fused-ring (bicyclic) bond motifs is 1. The van der Waals surface area contributed by atoms with Gasteiger partial charge in [-0.25, -0.2) is 18.0 Å². The lowest BCUT2D eigenvalue weighted by atomic mass is 10.0. The first kappa shape index (κ1) is 18.8. The zero-order chi connectivity index (χ0) is 20.7. The van der Waals surface area contributed by atoms with Crippen molar-refractivity contribution in [3.63, 3.8) is 0 Å². The highest BCUT2D eigenvalue weighted by molar-refractivity contribution is 7.15. The molecule has 0 bridgehead atoms. The van der Waals surface area contributed by atoms with Crippen molar-refractivity contribution in [1.29, 1.82) is 0 Å². The molecule has 0 saturated heterocycles. The van der Waals surface area contributed by atoms with Gasteiger partial charge in [0.15, 0.2) is 23.2 Å². The highest BCUT2D eigenvalue weighted by Gasteiger charge is 2.24. The van der Waals surface area contributed by atoms with Crippen molar-refractivity contribution in [1.82, 2.24) is 0 Å². The van der Waals surface area contributed by atoms with E-state index in [9.17, 15) is 27.9 Å². The van der Waals surface area contributed by atoms with E-state index in [-0.39, 0.29) is 27.5 Å². The summed E-state index contributed by atoms with van der Waals surface area (Å²) in [5.41, 5.74) is -0.107. The number of carboxylic acids is 1. The molecule has 0 unspecified atom stereocenters. The summed E-state index contributed by atoms with van der Waals surface area (Å²) in [6.07, 6.45) is 0. The van der Waals surface area contributed by atoms with Gasteiger partial charge in [0.05, 0.1) is 0 Å². The van der Waals surface area contributed by atoms with E-state index in [4.69, 9.17) is 4.42 Å². The second-order valence-electron chi connectivity index (χ2n) is 6.02. The second-order valence-corrected chi connectivity index (χ2v) is 6.89. The fraction of sp³-hybridized carbons (Fsp3) is 0. The molecular formula is C20H10F3NO4S. The van der Waals surface area contributed by atoms with Crippen LogP contribution in [0, 0.1) is 17.5 Å². The first-order chi connectivity index (χ1) is 13.8. The molecule has 0 saturated carbocycles. The Labute approximate surface area is 165 Å². The van der Waals surface area contributed by atoms with Gasteiger partial charge in [-0.05, 0) is 29.8 Å². The van der Waals surface area contributed by atoms with Gasteiger partial charge in [-0.3, -0.25) is 4.79 Å². The Morgan fingerprint density at radius 2 is 1.72 bits per heavy atom. The molecule has 4 rings (SSSR count). The molecule has 2 heterocycles. The SMILES string of the molecule is O=C(Nc1scc(-c2cc(F)c(F)c(F)c2)c1C(=O)O)c1cc2ccccc2o1. The van der Waals surface area contributed by atoms with E-state index in [2.05, 4.69) is 5.32 Å². The number of carbonyl (C=O) groups excluding carboxylic acids is 1. The molecule has 2 aromatic carbocycles. The van der Waals surface area contributed by atoms with Crippen LogP contribution in [0.3, 0.4) is 0 Å². The van der Waals surface area contributed by atoms with Crippen molar-refractivity contribution < 1.29 is 32.3 Å². The number of carbonyl (C=O) groups is 2. The molecule has 1 amide bonds. The van der Waals surface area contributed by atoms with Gasteiger partial charge in [0.25, 0.3) is 5.91 Å². The van der Waals surface area contributed by atoms with E-state index in [0.29, 0.717) is 23.1 Å². The molecule has 0 aliphatic heterocycles. The largest absolute Gasteiger partial charge is 0.478 e. The Bertz CT molecular complexity index is 1220. The number of furan rings is 1. The standard InChI is InChI=1S/C20H10F3NO4S/c21-12-5-10(6-13(22)17(12)23)11-8-29-19(16(11)20(26)27)24-18(25)15-7-9-3-1-2-4-14(9)28-15/h1-8H,(H,24,25)(H,26,27). The van der Waals surface area contributed by atoms with Gasteiger partial charge in [0.1, 0.15) is 16.1 Å². The third-order valence-electron chi connectivity index (χ3n) is 4.18. The normalized spacial score (nSPS) is 11.0. The van der Waals surface area contributed by atoms with Crippen LogP contribution >= 0.6 is 11.3 Å². The van der Waals surface area contributed by atoms with E-state index >= 15 is 0 Å². The molecular weight excluding hydrogens is 407 g/mol. The Kier molecular flexibility index (Phi) is 4.59. The van der Waals surface area contributed by atoms with Gasteiger partial charge in [-0.2, -0.15) is 0 Å². The lowest BCUT2D eigenvalue weighted by Gasteiger charge is -2.06. The van der Waals surface area contributed by atoms with E-state index < -0.39 is 29.3 Å². The zero-order valence-corrected chi connectivity index (χ0v) is 15.1. The van der Waals surface area contributed by atoms with Crippen LogP contribution in [0.4, 0.5) is 18.2 Å². The van der Waals surface area contributed by atoms with Crippen LogP contribution in [0.1, 0.15) is 20.9 Å². The highest BCUT2D eigenvalue weighted by Crippen LogP contribution is 2.37. The van der Waals surface area contributed by atoms with E-state index in [1.807, 2.05) is 0 Å².